The van der Waals surface area contributed by atoms with Gasteiger partial charge in [-0.2, -0.15) is 0 Å². The van der Waals surface area contributed by atoms with E-state index in [2.05, 4.69) is 15.8 Å². The maximum absolute atomic E-state index is 13.3. The third kappa shape index (κ3) is 9.92. The number of carbonyl (C=O) groups excluding carboxylic acids is 3. The molecule has 0 spiro atoms. The third-order valence-electron chi connectivity index (χ3n) is 5.61. The first kappa shape index (κ1) is 29.4. The smallest absolute Gasteiger partial charge is 0.329 e. The number of aromatic nitrogens is 1. The molecule has 0 bridgehead atoms. The maximum atomic E-state index is 13.3. The van der Waals surface area contributed by atoms with E-state index in [1.165, 1.54) is 12.3 Å². The van der Waals surface area contributed by atoms with Crippen LogP contribution in [0.5, 0.6) is 5.75 Å². The summed E-state index contributed by atoms with van der Waals surface area (Å²) < 4.78 is 16.4. The molecule has 0 aliphatic heterocycles. The fraction of sp³-hybridized carbons (Fsp3) is 0.400. The van der Waals surface area contributed by atoms with Gasteiger partial charge in [0.25, 0.3) is 5.91 Å². The van der Waals surface area contributed by atoms with E-state index in [-0.39, 0.29) is 18.1 Å². The van der Waals surface area contributed by atoms with E-state index >= 15 is 0 Å². The van der Waals surface area contributed by atoms with Crippen LogP contribution in [0.25, 0.3) is 0 Å². The average molecular weight is 536 g/mol. The molecule has 2 aromatic carbocycles. The Bertz CT molecular complexity index is 1200. The summed E-state index contributed by atoms with van der Waals surface area (Å²) in [6.07, 6.45) is 1.91. The van der Waals surface area contributed by atoms with Crippen molar-refractivity contribution in [2.75, 3.05) is 0 Å². The molecule has 2 atom stereocenters. The molecular formula is C30H37N3O6. The first-order valence-electron chi connectivity index (χ1n) is 13.0. The minimum Gasteiger partial charge on any atom is -0.489 e. The van der Waals surface area contributed by atoms with Gasteiger partial charge in [0.15, 0.2) is 0 Å². The molecule has 3 rings (SSSR count). The minimum absolute atomic E-state index is 0.00479. The topological polar surface area (TPSA) is 120 Å². The molecule has 3 aromatic rings. The predicted molar refractivity (Wildman–Crippen MR) is 146 cm³/mol. The van der Waals surface area contributed by atoms with Gasteiger partial charge in [0.05, 0.1) is 6.20 Å². The van der Waals surface area contributed by atoms with E-state index in [0.29, 0.717) is 18.8 Å². The lowest BCUT2D eigenvalue weighted by Crippen LogP contribution is -2.53. The minimum atomic E-state index is -0.968. The molecule has 2 amide bonds. The fourth-order valence-electron chi connectivity index (χ4n) is 3.80. The highest BCUT2D eigenvalue weighted by Crippen LogP contribution is 2.17. The quantitative estimate of drug-likeness (QED) is 0.329. The van der Waals surface area contributed by atoms with Crippen molar-refractivity contribution in [3.05, 3.63) is 83.7 Å². The molecule has 0 aliphatic rings. The standard InChI is InChI=1S/C30H37N3O6/c1-20(2)17-24(32-28(35)26-15-16-31-39-26)27(34)33-25(29(36)38-30(3,4)5)18-21-11-13-23(14-12-21)37-19-22-9-7-6-8-10-22/h6-16,20,24-25H,17-19H2,1-5H3,(H,32,35)(H,33,34). The highest BCUT2D eigenvalue weighted by atomic mass is 16.6. The molecule has 1 heterocycles. The van der Waals surface area contributed by atoms with Crippen LogP contribution >= 0.6 is 0 Å². The van der Waals surface area contributed by atoms with E-state index in [9.17, 15) is 14.4 Å². The van der Waals surface area contributed by atoms with Gasteiger partial charge >= 0.3 is 5.97 Å². The summed E-state index contributed by atoms with van der Waals surface area (Å²) in [7, 11) is 0. The van der Waals surface area contributed by atoms with Crippen LogP contribution < -0.4 is 15.4 Å². The molecule has 208 valence electrons. The molecule has 0 aliphatic carbocycles. The molecule has 0 radical (unpaired) electrons. The lowest BCUT2D eigenvalue weighted by atomic mass is 10.0. The molecule has 0 fully saturated rings. The Hall–Kier alpha value is -4.14. The summed E-state index contributed by atoms with van der Waals surface area (Å²) in [5.41, 5.74) is 1.12. The summed E-state index contributed by atoms with van der Waals surface area (Å²) >= 11 is 0. The SMILES string of the molecule is CC(C)CC(NC(=O)c1ccno1)C(=O)NC(Cc1ccc(OCc2ccccc2)cc1)C(=O)OC(C)(C)C. The second kappa shape index (κ2) is 13.6. The van der Waals surface area contributed by atoms with Crippen LogP contribution in [-0.4, -0.2) is 40.6 Å². The number of carbonyl (C=O) groups is 3. The Morgan fingerprint density at radius 1 is 0.897 bits per heavy atom. The Morgan fingerprint density at radius 3 is 2.18 bits per heavy atom. The zero-order valence-electron chi connectivity index (χ0n) is 23.1. The zero-order chi connectivity index (χ0) is 28.4. The maximum Gasteiger partial charge on any atom is 0.329 e. The molecule has 2 N–H and O–H groups in total. The van der Waals surface area contributed by atoms with Crippen molar-refractivity contribution in [1.82, 2.24) is 15.8 Å². The van der Waals surface area contributed by atoms with Crippen molar-refractivity contribution in [2.24, 2.45) is 5.92 Å². The first-order valence-corrected chi connectivity index (χ1v) is 13.0. The number of hydrogen-bond donors (Lipinski definition) is 2. The van der Waals surface area contributed by atoms with Crippen molar-refractivity contribution in [2.45, 2.75) is 71.8 Å². The van der Waals surface area contributed by atoms with Crippen molar-refractivity contribution < 1.29 is 28.4 Å². The van der Waals surface area contributed by atoms with E-state index in [4.69, 9.17) is 14.0 Å². The Kier molecular flexibility index (Phi) is 10.3. The Labute approximate surface area is 229 Å². The van der Waals surface area contributed by atoms with Gasteiger partial charge in [-0.05, 0) is 56.4 Å². The van der Waals surface area contributed by atoms with Crippen molar-refractivity contribution in [3.8, 4) is 5.75 Å². The third-order valence-corrected chi connectivity index (χ3v) is 5.61. The van der Waals surface area contributed by atoms with E-state index in [1.807, 2.05) is 68.4 Å². The number of rotatable bonds is 12. The summed E-state index contributed by atoms with van der Waals surface area (Å²) in [6, 6.07) is 16.7. The Morgan fingerprint density at radius 2 is 1.59 bits per heavy atom. The summed E-state index contributed by atoms with van der Waals surface area (Å²) in [6.45, 7) is 9.61. The summed E-state index contributed by atoms with van der Waals surface area (Å²) in [5, 5.41) is 9.02. The molecular weight excluding hydrogens is 498 g/mol. The monoisotopic (exact) mass is 535 g/mol. The average Bonchev–Trinajstić information content (AvgIpc) is 3.42. The van der Waals surface area contributed by atoms with Gasteiger partial charge in [-0.25, -0.2) is 4.79 Å². The number of hydrogen-bond acceptors (Lipinski definition) is 7. The molecule has 39 heavy (non-hydrogen) atoms. The van der Waals surface area contributed by atoms with Crippen molar-refractivity contribution in [1.29, 1.82) is 0 Å². The molecule has 0 saturated carbocycles. The van der Waals surface area contributed by atoms with Gasteiger partial charge in [-0.1, -0.05) is 61.5 Å². The van der Waals surface area contributed by atoms with Gasteiger partial charge in [-0.3, -0.25) is 9.59 Å². The second-order valence-corrected chi connectivity index (χ2v) is 10.7. The van der Waals surface area contributed by atoms with Crippen LogP contribution in [-0.2, 0) is 27.4 Å². The normalized spacial score (nSPS) is 12.9. The van der Waals surface area contributed by atoms with Gasteiger partial charge in [0.1, 0.15) is 30.0 Å². The van der Waals surface area contributed by atoms with E-state index < -0.39 is 35.5 Å². The van der Waals surface area contributed by atoms with Crippen LogP contribution in [0, 0.1) is 5.92 Å². The number of amides is 2. The van der Waals surface area contributed by atoms with E-state index in [0.717, 1.165) is 11.1 Å². The number of benzene rings is 2. The van der Waals surface area contributed by atoms with E-state index in [1.54, 1.807) is 20.8 Å². The number of ether oxygens (including phenoxy) is 2. The largest absolute Gasteiger partial charge is 0.489 e. The molecule has 1 aromatic heterocycles. The molecule has 9 heteroatoms. The lowest BCUT2D eigenvalue weighted by Gasteiger charge is -2.27. The predicted octanol–water partition coefficient (Wildman–Crippen LogP) is 4.47. The fourth-order valence-corrected chi connectivity index (χ4v) is 3.80. The number of nitrogens with zero attached hydrogens (tertiary/aromatic N) is 1. The lowest BCUT2D eigenvalue weighted by molar-refractivity contribution is -0.158. The number of nitrogens with one attached hydrogen (secondary N) is 2. The van der Waals surface area contributed by atoms with Gasteiger partial charge in [0, 0.05) is 12.5 Å². The number of esters is 1. The van der Waals surface area contributed by atoms with Gasteiger partial charge in [0.2, 0.25) is 11.7 Å². The van der Waals surface area contributed by atoms with Gasteiger partial charge in [-0.15, -0.1) is 0 Å². The summed E-state index contributed by atoms with van der Waals surface area (Å²) in [4.78, 5) is 39.0. The molecule has 2 unspecified atom stereocenters. The van der Waals surface area contributed by atoms with Crippen LogP contribution in [0.2, 0.25) is 0 Å². The highest BCUT2D eigenvalue weighted by Gasteiger charge is 2.31. The van der Waals surface area contributed by atoms with Crippen molar-refractivity contribution in [3.63, 3.8) is 0 Å². The van der Waals surface area contributed by atoms with Crippen LogP contribution in [0.3, 0.4) is 0 Å². The van der Waals surface area contributed by atoms with Gasteiger partial charge < -0.3 is 24.6 Å². The molecule has 0 saturated heterocycles. The van der Waals surface area contributed by atoms with Crippen LogP contribution in [0.1, 0.15) is 62.7 Å². The highest BCUT2D eigenvalue weighted by molar-refractivity contribution is 5.96. The van der Waals surface area contributed by atoms with Crippen LogP contribution in [0.4, 0.5) is 0 Å². The van der Waals surface area contributed by atoms with Crippen molar-refractivity contribution >= 4 is 17.8 Å². The zero-order valence-corrected chi connectivity index (χ0v) is 23.1. The first-order chi connectivity index (χ1) is 18.5. The second-order valence-electron chi connectivity index (χ2n) is 10.7. The summed E-state index contributed by atoms with van der Waals surface area (Å²) in [5.74, 6) is -0.838. The molecule has 9 nitrogen and oxygen atoms in total. The van der Waals surface area contributed by atoms with Crippen LogP contribution in [0.15, 0.2) is 71.4 Å². The Balaban J connectivity index is 1.71.